The number of aliphatic carboxylic acids is 1. The summed E-state index contributed by atoms with van der Waals surface area (Å²) >= 11 is 5.31. The van der Waals surface area contributed by atoms with Crippen molar-refractivity contribution in [1.29, 1.82) is 0 Å². The van der Waals surface area contributed by atoms with E-state index in [-0.39, 0.29) is 0 Å². The molecule has 0 rings (SSSR count). The van der Waals surface area contributed by atoms with Gasteiger partial charge in [0.1, 0.15) is 6.04 Å². The zero-order valence-corrected chi connectivity index (χ0v) is 10.2. The van der Waals surface area contributed by atoms with Gasteiger partial charge in [0.2, 0.25) is 0 Å². The average Bonchev–Trinajstić information content (AvgIpc) is 2.21. The van der Waals surface area contributed by atoms with Crippen LogP contribution in [0.5, 0.6) is 0 Å². The van der Waals surface area contributed by atoms with Gasteiger partial charge >= 0.3 is 5.97 Å². The van der Waals surface area contributed by atoms with Gasteiger partial charge in [-0.2, -0.15) is 0 Å². The Hall–Kier alpha value is -0.280. The summed E-state index contributed by atoms with van der Waals surface area (Å²) in [5.74, 6) is -0.865. The molecule has 0 saturated heterocycles. The second-order valence-corrected chi connectivity index (χ2v) is 4.13. The molecule has 0 aliphatic rings. The van der Waals surface area contributed by atoms with Crippen molar-refractivity contribution >= 4 is 17.7 Å². The predicted molar refractivity (Wildman–Crippen MR) is 63.0 cm³/mol. The number of nitrogens with one attached hydrogen (secondary N) is 1. The van der Waals surface area contributed by atoms with Gasteiger partial charge < -0.3 is 5.11 Å². The molecule has 4 heteroatoms. The summed E-state index contributed by atoms with van der Waals surface area (Å²) in [6, 6.07) is -0.595. The van der Waals surface area contributed by atoms with Crippen molar-refractivity contribution in [3.8, 4) is 0 Å². The summed E-state index contributed by atoms with van der Waals surface area (Å²) in [7, 11) is 0. The average molecular weight is 236 g/mol. The summed E-state index contributed by atoms with van der Waals surface area (Å²) in [5, 5.41) is 8.70. The minimum absolute atomic E-state index is 0.595. The SMILES string of the molecule is CCCCCCCCCC(NCl)C(=O)O. The third-order valence-electron chi connectivity index (χ3n) is 2.53. The van der Waals surface area contributed by atoms with Crippen LogP contribution in [0.1, 0.15) is 58.3 Å². The maximum Gasteiger partial charge on any atom is 0.321 e. The first kappa shape index (κ1) is 14.7. The molecule has 0 bridgehead atoms. The number of unbranched alkanes of at least 4 members (excludes halogenated alkanes) is 6. The Labute approximate surface area is 97.3 Å². The molecule has 0 fully saturated rings. The molecular weight excluding hydrogens is 214 g/mol. The quantitative estimate of drug-likeness (QED) is 0.451. The van der Waals surface area contributed by atoms with E-state index >= 15 is 0 Å². The number of hydrogen-bond donors (Lipinski definition) is 2. The van der Waals surface area contributed by atoms with E-state index in [9.17, 15) is 4.79 Å². The van der Waals surface area contributed by atoms with Gasteiger partial charge in [-0.3, -0.25) is 4.79 Å². The van der Waals surface area contributed by atoms with Crippen molar-refractivity contribution in [2.45, 2.75) is 64.3 Å². The molecule has 15 heavy (non-hydrogen) atoms. The van der Waals surface area contributed by atoms with Gasteiger partial charge in [-0.15, -0.1) is 0 Å². The maximum absolute atomic E-state index is 10.6. The van der Waals surface area contributed by atoms with Crippen LogP contribution in [0.3, 0.4) is 0 Å². The monoisotopic (exact) mass is 235 g/mol. The second kappa shape index (κ2) is 10.2. The van der Waals surface area contributed by atoms with E-state index in [1.165, 1.54) is 32.1 Å². The number of carboxylic acid groups (broad SMARTS) is 1. The van der Waals surface area contributed by atoms with E-state index in [0.29, 0.717) is 6.42 Å². The number of carboxylic acids is 1. The minimum Gasteiger partial charge on any atom is -0.480 e. The number of rotatable bonds is 10. The highest BCUT2D eigenvalue weighted by Gasteiger charge is 2.14. The molecule has 3 nitrogen and oxygen atoms in total. The Kier molecular flexibility index (Phi) is 10.1. The predicted octanol–water partition coefficient (Wildman–Crippen LogP) is 3.32. The van der Waals surface area contributed by atoms with E-state index < -0.39 is 12.0 Å². The Balaban J connectivity index is 3.25. The molecule has 0 heterocycles. The molecule has 0 aromatic rings. The van der Waals surface area contributed by atoms with Crippen LogP contribution in [0.25, 0.3) is 0 Å². The summed E-state index contributed by atoms with van der Waals surface area (Å²) in [6.07, 6.45) is 8.99. The zero-order valence-electron chi connectivity index (χ0n) is 9.47. The largest absolute Gasteiger partial charge is 0.480 e. The van der Waals surface area contributed by atoms with Crippen molar-refractivity contribution in [2.24, 2.45) is 0 Å². The van der Waals surface area contributed by atoms with Crippen LogP contribution in [-0.4, -0.2) is 17.1 Å². The lowest BCUT2D eigenvalue weighted by molar-refractivity contribution is -0.139. The van der Waals surface area contributed by atoms with Crippen LogP contribution in [0.2, 0.25) is 0 Å². The smallest absolute Gasteiger partial charge is 0.321 e. The summed E-state index contributed by atoms with van der Waals surface area (Å²) in [6.45, 7) is 2.20. The van der Waals surface area contributed by atoms with Crippen molar-refractivity contribution < 1.29 is 9.90 Å². The van der Waals surface area contributed by atoms with Gasteiger partial charge in [-0.05, 0) is 18.2 Å². The van der Waals surface area contributed by atoms with E-state index in [4.69, 9.17) is 16.9 Å². The van der Waals surface area contributed by atoms with Crippen LogP contribution in [-0.2, 0) is 4.79 Å². The molecule has 0 aliphatic carbocycles. The van der Waals surface area contributed by atoms with Crippen LogP contribution in [0.4, 0.5) is 0 Å². The minimum atomic E-state index is -0.865. The number of hydrogen-bond acceptors (Lipinski definition) is 2. The van der Waals surface area contributed by atoms with Crippen molar-refractivity contribution in [1.82, 2.24) is 4.84 Å². The fourth-order valence-corrected chi connectivity index (χ4v) is 1.73. The first-order valence-corrected chi connectivity index (χ1v) is 6.19. The van der Waals surface area contributed by atoms with E-state index in [0.717, 1.165) is 12.8 Å². The Morgan fingerprint density at radius 2 is 1.73 bits per heavy atom. The topological polar surface area (TPSA) is 49.3 Å². The van der Waals surface area contributed by atoms with Crippen LogP contribution >= 0.6 is 11.8 Å². The van der Waals surface area contributed by atoms with Crippen LogP contribution < -0.4 is 4.84 Å². The standard InChI is InChI=1S/C11H22ClNO2/c1-2-3-4-5-6-7-8-9-10(13-12)11(14)15/h10,13H,2-9H2,1H3,(H,14,15). The lowest BCUT2D eigenvalue weighted by Gasteiger charge is -2.08. The lowest BCUT2D eigenvalue weighted by Crippen LogP contribution is -2.30. The van der Waals surface area contributed by atoms with E-state index in [1.54, 1.807) is 0 Å². The van der Waals surface area contributed by atoms with Gasteiger partial charge in [0.25, 0.3) is 0 Å². The Morgan fingerprint density at radius 3 is 2.20 bits per heavy atom. The highest BCUT2D eigenvalue weighted by molar-refractivity contribution is 6.14. The van der Waals surface area contributed by atoms with Gasteiger partial charge in [0.15, 0.2) is 0 Å². The highest BCUT2D eigenvalue weighted by atomic mass is 35.5. The lowest BCUT2D eigenvalue weighted by atomic mass is 10.1. The molecule has 0 aliphatic heterocycles. The van der Waals surface area contributed by atoms with Crippen molar-refractivity contribution in [2.75, 3.05) is 0 Å². The molecule has 0 aromatic heterocycles. The Morgan fingerprint density at radius 1 is 1.20 bits per heavy atom. The number of carbonyl (C=O) groups is 1. The third-order valence-corrected chi connectivity index (χ3v) is 2.79. The Bertz CT molecular complexity index is 165. The number of halogens is 1. The molecule has 0 spiro atoms. The van der Waals surface area contributed by atoms with E-state index in [2.05, 4.69) is 11.8 Å². The summed E-state index contributed by atoms with van der Waals surface area (Å²) in [5.41, 5.74) is 0. The zero-order chi connectivity index (χ0) is 11.5. The molecule has 1 atom stereocenters. The first-order chi connectivity index (χ1) is 7.22. The molecule has 0 amide bonds. The van der Waals surface area contributed by atoms with Gasteiger partial charge in [-0.1, -0.05) is 51.9 Å². The molecule has 90 valence electrons. The van der Waals surface area contributed by atoms with Crippen molar-refractivity contribution in [3.05, 3.63) is 0 Å². The van der Waals surface area contributed by atoms with E-state index in [1.807, 2.05) is 0 Å². The van der Waals surface area contributed by atoms with Gasteiger partial charge in [0, 0.05) is 0 Å². The van der Waals surface area contributed by atoms with Crippen LogP contribution in [0, 0.1) is 0 Å². The molecule has 0 radical (unpaired) electrons. The molecule has 0 saturated carbocycles. The maximum atomic E-state index is 10.6. The second-order valence-electron chi connectivity index (χ2n) is 3.91. The molecular formula is C11H22ClNO2. The molecule has 0 aromatic carbocycles. The summed E-state index contributed by atoms with van der Waals surface area (Å²) in [4.78, 5) is 12.9. The van der Waals surface area contributed by atoms with Crippen molar-refractivity contribution in [3.63, 3.8) is 0 Å². The van der Waals surface area contributed by atoms with Gasteiger partial charge in [0.05, 0.1) is 0 Å². The third kappa shape index (κ3) is 8.70. The first-order valence-electron chi connectivity index (χ1n) is 5.81. The fraction of sp³-hybridized carbons (Fsp3) is 0.909. The fourth-order valence-electron chi connectivity index (χ4n) is 1.53. The normalized spacial score (nSPS) is 12.7. The van der Waals surface area contributed by atoms with Crippen LogP contribution in [0.15, 0.2) is 0 Å². The van der Waals surface area contributed by atoms with Gasteiger partial charge in [-0.25, -0.2) is 4.84 Å². The highest BCUT2D eigenvalue weighted by Crippen LogP contribution is 2.10. The molecule has 2 N–H and O–H groups in total. The summed E-state index contributed by atoms with van der Waals surface area (Å²) < 4.78 is 0. The molecule has 1 unspecified atom stereocenters.